The number of carbonyl (C=O) groups is 1. The molecule has 2 unspecified atom stereocenters. The highest BCUT2D eigenvalue weighted by molar-refractivity contribution is 7.99. The Balaban J connectivity index is 1.36. The van der Waals surface area contributed by atoms with Crippen LogP contribution < -0.4 is 4.90 Å². The number of hydrogen-bond acceptors (Lipinski definition) is 6. The van der Waals surface area contributed by atoms with Crippen LogP contribution in [0, 0.1) is 0 Å². The van der Waals surface area contributed by atoms with E-state index < -0.39 is 0 Å². The van der Waals surface area contributed by atoms with Gasteiger partial charge in [0.05, 0.1) is 31.2 Å². The fourth-order valence-corrected chi connectivity index (χ4v) is 6.80. The SMILES string of the molecule is O=C(CCCCN1CCOCC1)N1c2ccccc2SC(c2ccsc2)CC1c1ccco1. The molecule has 5 rings (SSSR count). The van der Waals surface area contributed by atoms with E-state index in [-0.39, 0.29) is 17.2 Å². The molecule has 4 heterocycles. The monoisotopic (exact) mass is 482 g/mol. The van der Waals surface area contributed by atoms with Gasteiger partial charge in [-0.1, -0.05) is 12.1 Å². The maximum atomic E-state index is 13.7. The number of rotatable bonds is 7. The van der Waals surface area contributed by atoms with Gasteiger partial charge >= 0.3 is 0 Å². The third-order valence-electron chi connectivity index (χ3n) is 6.42. The molecule has 2 aliphatic heterocycles. The summed E-state index contributed by atoms with van der Waals surface area (Å²) in [5, 5.41) is 4.63. The molecule has 2 aromatic heterocycles. The van der Waals surface area contributed by atoms with Crippen LogP contribution in [-0.2, 0) is 9.53 Å². The molecule has 174 valence electrons. The van der Waals surface area contributed by atoms with E-state index >= 15 is 0 Å². The third-order valence-corrected chi connectivity index (χ3v) is 8.47. The van der Waals surface area contributed by atoms with Crippen molar-refractivity contribution in [1.29, 1.82) is 0 Å². The van der Waals surface area contributed by atoms with E-state index in [1.807, 2.05) is 34.9 Å². The maximum absolute atomic E-state index is 13.7. The number of amides is 1. The molecule has 0 N–H and O–H groups in total. The van der Waals surface area contributed by atoms with Gasteiger partial charge in [-0.15, -0.1) is 11.8 Å². The second-order valence-electron chi connectivity index (χ2n) is 8.57. The van der Waals surface area contributed by atoms with Crippen LogP contribution in [0.4, 0.5) is 5.69 Å². The van der Waals surface area contributed by atoms with Crippen molar-refractivity contribution >= 4 is 34.7 Å². The zero-order chi connectivity index (χ0) is 22.5. The number of fused-ring (bicyclic) bond motifs is 1. The second-order valence-corrected chi connectivity index (χ2v) is 10.6. The van der Waals surface area contributed by atoms with Crippen molar-refractivity contribution in [3.8, 4) is 0 Å². The van der Waals surface area contributed by atoms with E-state index in [0.717, 1.165) is 68.5 Å². The number of ether oxygens (including phenoxy) is 1. The second kappa shape index (κ2) is 10.9. The van der Waals surface area contributed by atoms with E-state index in [4.69, 9.17) is 9.15 Å². The predicted octanol–water partition coefficient (Wildman–Crippen LogP) is 6.16. The van der Waals surface area contributed by atoms with Crippen LogP contribution in [0.3, 0.4) is 0 Å². The van der Waals surface area contributed by atoms with Gasteiger partial charge in [0.2, 0.25) is 5.91 Å². The largest absolute Gasteiger partial charge is 0.467 e. The molecule has 1 amide bonds. The molecule has 2 aliphatic rings. The first-order chi connectivity index (χ1) is 16.3. The lowest BCUT2D eigenvalue weighted by Gasteiger charge is -2.31. The van der Waals surface area contributed by atoms with Crippen molar-refractivity contribution in [1.82, 2.24) is 4.90 Å². The molecule has 7 heteroatoms. The first kappa shape index (κ1) is 22.7. The van der Waals surface area contributed by atoms with Gasteiger partial charge in [0.1, 0.15) is 5.76 Å². The topological polar surface area (TPSA) is 45.9 Å². The summed E-state index contributed by atoms with van der Waals surface area (Å²) in [4.78, 5) is 19.3. The Labute approximate surface area is 203 Å². The summed E-state index contributed by atoms with van der Waals surface area (Å²) in [6.45, 7) is 4.66. The van der Waals surface area contributed by atoms with Crippen LogP contribution in [-0.4, -0.2) is 43.7 Å². The molecule has 0 radical (unpaired) electrons. The number of para-hydroxylation sites is 1. The molecule has 1 saturated heterocycles. The number of furan rings is 1. The predicted molar refractivity (Wildman–Crippen MR) is 134 cm³/mol. The Kier molecular flexibility index (Phi) is 7.51. The summed E-state index contributed by atoms with van der Waals surface area (Å²) in [5.74, 6) is 1.03. The summed E-state index contributed by atoms with van der Waals surface area (Å²) in [6.07, 6.45) is 5.00. The minimum atomic E-state index is -0.118. The molecular formula is C26H30N2O3S2. The number of nitrogens with zero attached hydrogens (tertiary/aromatic N) is 2. The van der Waals surface area contributed by atoms with E-state index in [0.29, 0.717) is 6.42 Å². The van der Waals surface area contributed by atoms with Crippen LogP contribution in [0.1, 0.15) is 48.3 Å². The van der Waals surface area contributed by atoms with Crippen molar-refractivity contribution < 1.29 is 13.9 Å². The van der Waals surface area contributed by atoms with Crippen LogP contribution in [0.5, 0.6) is 0 Å². The quantitative estimate of drug-likeness (QED) is 0.378. The number of carbonyl (C=O) groups excluding carboxylic acids is 1. The number of anilines is 1. The molecule has 0 bridgehead atoms. The van der Waals surface area contributed by atoms with Crippen molar-refractivity contribution in [2.75, 3.05) is 37.7 Å². The number of morpholine rings is 1. The molecule has 1 aromatic carbocycles. The lowest BCUT2D eigenvalue weighted by molar-refractivity contribution is -0.119. The highest BCUT2D eigenvalue weighted by atomic mass is 32.2. The number of thiophene rings is 1. The lowest BCUT2D eigenvalue weighted by atomic mass is 10.0. The summed E-state index contributed by atoms with van der Waals surface area (Å²) in [7, 11) is 0. The van der Waals surface area contributed by atoms with Crippen LogP contribution in [0.2, 0.25) is 0 Å². The van der Waals surface area contributed by atoms with Crippen molar-refractivity contribution in [2.24, 2.45) is 0 Å². The van der Waals surface area contributed by atoms with Gasteiger partial charge in [-0.25, -0.2) is 0 Å². The van der Waals surface area contributed by atoms with Gasteiger partial charge in [0.15, 0.2) is 0 Å². The number of hydrogen-bond donors (Lipinski definition) is 0. The van der Waals surface area contributed by atoms with Gasteiger partial charge in [0, 0.05) is 29.7 Å². The molecule has 0 aliphatic carbocycles. The average Bonchev–Trinajstić information content (AvgIpc) is 3.55. The van der Waals surface area contributed by atoms with E-state index in [1.165, 1.54) is 5.56 Å². The van der Waals surface area contributed by atoms with Crippen molar-refractivity contribution in [3.05, 3.63) is 70.8 Å². The summed E-state index contributed by atoms with van der Waals surface area (Å²) in [5.41, 5.74) is 2.32. The van der Waals surface area contributed by atoms with Gasteiger partial charge in [-0.05, 0) is 72.5 Å². The Morgan fingerprint density at radius 2 is 1.94 bits per heavy atom. The molecule has 33 heavy (non-hydrogen) atoms. The minimum Gasteiger partial charge on any atom is -0.467 e. The van der Waals surface area contributed by atoms with Crippen LogP contribution >= 0.6 is 23.1 Å². The maximum Gasteiger partial charge on any atom is 0.227 e. The zero-order valence-corrected chi connectivity index (χ0v) is 20.4. The fraction of sp³-hybridized carbons (Fsp3) is 0.423. The first-order valence-electron chi connectivity index (χ1n) is 11.7. The standard InChI is InChI=1S/C26H30N2O3S2/c29-26(9-3-4-11-27-12-15-30-16-13-27)28-21-6-1-2-8-24(21)33-25(20-10-17-32-19-20)18-22(28)23-7-5-14-31-23/h1-2,5-8,10,14,17,19,22,25H,3-4,9,11-13,15-16,18H2. The van der Waals surface area contributed by atoms with E-state index in [9.17, 15) is 4.79 Å². The van der Waals surface area contributed by atoms with E-state index in [2.05, 4.69) is 39.9 Å². The van der Waals surface area contributed by atoms with Gasteiger partial charge in [-0.2, -0.15) is 11.3 Å². The number of thioether (sulfide) groups is 1. The molecule has 1 fully saturated rings. The smallest absolute Gasteiger partial charge is 0.227 e. The first-order valence-corrected chi connectivity index (χ1v) is 13.5. The van der Waals surface area contributed by atoms with Gasteiger partial charge in [0.25, 0.3) is 0 Å². The Hall–Kier alpha value is -2.06. The molecule has 5 nitrogen and oxygen atoms in total. The van der Waals surface area contributed by atoms with Crippen molar-refractivity contribution in [3.63, 3.8) is 0 Å². The lowest BCUT2D eigenvalue weighted by Crippen LogP contribution is -2.37. The van der Waals surface area contributed by atoms with E-state index in [1.54, 1.807) is 17.6 Å². The highest BCUT2D eigenvalue weighted by Gasteiger charge is 2.36. The molecule has 0 saturated carbocycles. The van der Waals surface area contributed by atoms with Gasteiger partial charge in [-0.3, -0.25) is 9.69 Å². The molecule has 0 spiro atoms. The summed E-state index contributed by atoms with van der Waals surface area (Å²) < 4.78 is 11.3. The Morgan fingerprint density at radius 3 is 2.73 bits per heavy atom. The normalized spacial score (nSPS) is 21.5. The zero-order valence-electron chi connectivity index (χ0n) is 18.7. The Morgan fingerprint density at radius 1 is 1.06 bits per heavy atom. The van der Waals surface area contributed by atoms with Crippen LogP contribution in [0.25, 0.3) is 0 Å². The Bertz CT molecular complexity index is 1020. The summed E-state index contributed by atoms with van der Waals surface area (Å²) in [6, 6.07) is 14.3. The van der Waals surface area contributed by atoms with Gasteiger partial charge < -0.3 is 14.1 Å². The number of unbranched alkanes of at least 4 members (excludes halogenated alkanes) is 1. The molecule has 2 atom stereocenters. The van der Waals surface area contributed by atoms with Crippen LogP contribution in [0.15, 0.2) is 68.8 Å². The molecule has 3 aromatic rings. The third kappa shape index (κ3) is 5.38. The average molecular weight is 483 g/mol. The van der Waals surface area contributed by atoms with Crippen molar-refractivity contribution in [2.45, 2.75) is 41.9 Å². The number of benzene rings is 1. The minimum absolute atomic E-state index is 0.118. The highest BCUT2D eigenvalue weighted by Crippen LogP contribution is 2.51. The summed E-state index contributed by atoms with van der Waals surface area (Å²) >= 11 is 3.58. The fourth-order valence-electron chi connectivity index (χ4n) is 4.68. The molecular weight excluding hydrogens is 452 g/mol.